The Kier molecular flexibility index (Phi) is 3.91. The van der Waals surface area contributed by atoms with E-state index in [-0.39, 0.29) is 9.87 Å². The van der Waals surface area contributed by atoms with Gasteiger partial charge in [0, 0.05) is 0 Å². The summed E-state index contributed by atoms with van der Waals surface area (Å²) in [6.07, 6.45) is -7.52. The van der Waals surface area contributed by atoms with E-state index in [1.165, 1.54) is 24.3 Å². The SMILES string of the molecule is O=C1OC[C@H](c2ccccc2)N1[S@](=O)C(F)(F)C(F)(F)F. The second-order valence-electron chi connectivity index (χ2n) is 4.09. The van der Waals surface area contributed by atoms with Crippen LogP contribution in [0.25, 0.3) is 0 Å². The van der Waals surface area contributed by atoms with Crippen LogP contribution in [0.3, 0.4) is 0 Å². The minimum absolute atomic E-state index is 0.0805. The van der Waals surface area contributed by atoms with Gasteiger partial charge in [-0.3, -0.25) is 0 Å². The molecule has 4 nitrogen and oxygen atoms in total. The van der Waals surface area contributed by atoms with Crippen molar-refractivity contribution in [2.24, 2.45) is 0 Å². The van der Waals surface area contributed by atoms with Crippen molar-refractivity contribution in [3.63, 3.8) is 0 Å². The maximum atomic E-state index is 13.2. The molecule has 0 N–H and O–H groups in total. The number of hydrogen-bond acceptors (Lipinski definition) is 3. The zero-order chi connectivity index (χ0) is 15.8. The molecular formula is C11H8F5NO3S. The zero-order valence-corrected chi connectivity index (χ0v) is 11.0. The molecular weight excluding hydrogens is 321 g/mol. The molecule has 0 bridgehead atoms. The van der Waals surface area contributed by atoms with Crippen molar-refractivity contribution in [1.82, 2.24) is 4.31 Å². The Morgan fingerprint density at radius 3 is 2.24 bits per heavy atom. The molecule has 1 fully saturated rings. The summed E-state index contributed by atoms with van der Waals surface area (Å²) in [4.78, 5) is 11.4. The van der Waals surface area contributed by atoms with Crippen LogP contribution in [0, 0.1) is 0 Å². The fourth-order valence-corrected chi connectivity index (χ4v) is 2.77. The maximum Gasteiger partial charge on any atom is 0.468 e. The van der Waals surface area contributed by atoms with Crippen molar-refractivity contribution < 1.29 is 35.7 Å². The Morgan fingerprint density at radius 1 is 1.14 bits per heavy atom. The van der Waals surface area contributed by atoms with E-state index >= 15 is 0 Å². The molecule has 1 aromatic rings. The van der Waals surface area contributed by atoms with Gasteiger partial charge in [0.15, 0.2) is 0 Å². The van der Waals surface area contributed by atoms with Crippen LogP contribution in [0.4, 0.5) is 26.7 Å². The number of carbonyl (C=O) groups is 1. The van der Waals surface area contributed by atoms with Gasteiger partial charge in [0.1, 0.15) is 12.6 Å². The van der Waals surface area contributed by atoms with Crippen LogP contribution in [0.2, 0.25) is 0 Å². The Hall–Kier alpha value is -1.71. The predicted octanol–water partition coefficient (Wildman–Crippen LogP) is 3.00. The van der Waals surface area contributed by atoms with Gasteiger partial charge in [-0.25, -0.2) is 13.3 Å². The van der Waals surface area contributed by atoms with Gasteiger partial charge < -0.3 is 4.74 Å². The molecule has 1 heterocycles. The monoisotopic (exact) mass is 329 g/mol. The summed E-state index contributed by atoms with van der Waals surface area (Å²) in [5, 5.41) is -5.55. The summed E-state index contributed by atoms with van der Waals surface area (Å²) in [5.41, 5.74) is 0.245. The van der Waals surface area contributed by atoms with Crippen molar-refractivity contribution in [3.8, 4) is 0 Å². The van der Waals surface area contributed by atoms with Gasteiger partial charge in [-0.05, 0) is 5.56 Å². The Balaban J connectivity index is 2.36. The van der Waals surface area contributed by atoms with Gasteiger partial charge in [0.2, 0.25) is 11.0 Å². The smallest absolute Gasteiger partial charge is 0.446 e. The lowest BCUT2D eigenvalue weighted by Gasteiger charge is -2.26. The molecule has 2 atom stereocenters. The first-order valence-corrected chi connectivity index (χ1v) is 6.64. The third kappa shape index (κ3) is 2.71. The summed E-state index contributed by atoms with van der Waals surface area (Å²) < 4.78 is 79.1. The highest BCUT2D eigenvalue weighted by Gasteiger charge is 2.66. The molecule has 1 aliphatic rings. The normalized spacial score (nSPS) is 21.3. The van der Waals surface area contributed by atoms with E-state index in [2.05, 4.69) is 4.74 Å². The van der Waals surface area contributed by atoms with Gasteiger partial charge in [-0.1, -0.05) is 30.3 Å². The molecule has 1 aromatic carbocycles. The number of hydrogen-bond donors (Lipinski definition) is 0. The van der Waals surface area contributed by atoms with Gasteiger partial charge in [0.05, 0.1) is 0 Å². The summed E-state index contributed by atoms with van der Waals surface area (Å²) in [7, 11) is -3.94. The summed E-state index contributed by atoms with van der Waals surface area (Å²) >= 11 is 0. The maximum absolute atomic E-state index is 13.2. The van der Waals surface area contributed by atoms with Crippen LogP contribution < -0.4 is 0 Å². The van der Waals surface area contributed by atoms with Crippen molar-refractivity contribution in [1.29, 1.82) is 0 Å². The van der Waals surface area contributed by atoms with Crippen LogP contribution in [0.1, 0.15) is 11.6 Å². The molecule has 1 aliphatic heterocycles. The Morgan fingerprint density at radius 2 is 1.71 bits per heavy atom. The zero-order valence-electron chi connectivity index (χ0n) is 10.1. The molecule has 21 heavy (non-hydrogen) atoms. The molecule has 0 unspecified atom stereocenters. The molecule has 116 valence electrons. The van der Waals surface area contributed by atoms with Crippen LogP contribution in [-0.4, -0.2) is 32.6 Å². The quantitative estimate of drug-likeness (QED) is 0.801. The lowest BCUT2D eigenvalue weighted by atomic mass is 10.1. The Labute approximate surface area is 118 Å². The molecule has 10 heteroatoms. The van der Waals surface area contributed by atoms with Crippen molar-refractivity contribution >= 4 is 17.1 Å². The van der Waals surface area contributed by atoms with Crippen LogP contribution in [-0.2, 0) is 15.7 Å². The van der Waals surface area contributed by atoms with E-state index < -0.39 is 41.2 Å². The molecule has 2 rings (SSSR count). The van der Waals surface area contributed by atoms with E-state index in [0.29, 0.717) is 0 Å². The lowest BCUT2D eigenvalue weighted by molar-refractivity contribution is -0.240. The number of ether oxygens (including phenoxy) is 1. The first-order chi connectivity index (χ1) is 9.66. The number of amides is 1. The number of carbonyl (C=O) groups excluding carboxylic acids is 1. The highest BCUT2D eigenvalue weighted by molar-refractivity contribution is 7.84. The number of benzene rings is 1. The standard InChI is InChI=1S/C11H8F5NO3S/c12-10(13,14)11(15,16)21(19)17-8(6-20-9(17)18)7-4-2-1-3-5-7/h1-5,8H,6H2/t8-,21-/m1/s1. The van der Waals surface area contributed by atoms with Crippen molar-refractivity contribution in [3.05, 3.63) is 35.9 Å². The highest BCUT2D eigenvalue weighted by atomic mass is 32.2. The third-order valence-corrected chi connectivity index (χ3v) is 4.17. The number of nitrogens with zero attached hydrogens (tertiary/aromatic N) is 1. The second kappa shape index (κ2) is 5.24. The molecule has 0 aromatic heterocycles. The minimum Gasteiger partial charge on any atom is -0.446 e. The summed E-state index contributed by atoms with van der Waals surface area (Å²) in [5.74, 6) is 0. The average Bonchev–Trinajstić information content (AvgIpc) is 2.79. The second-order valence-corrected chi connectivity index (χ2v) is 5.50. The number of halogens is 5. The first-order valence-electron chi connectivity index (χ1n) is 5.53. The van der Waals surface area contributed by atoms with E-state index in [1.807, 2.05) is 0 Å². The topological polar surface area (TPSA) is 46.6 Å². The van der Waals surface area contributed by atoms with Crippen molar-refractivity contribution in [2.45, 2.75) is 17.5 Å². The fraction of sp³-hybridized carbons (Fsp3) is 0.364. The molecule has 0 saturated carbocycles. The van der Waals surface area contributed by atoms with Crippen LogP contribution >= 0.6 is 0 Å². The van der Waals surface area contributed by atoms with E-state index in [1.54, 1.807) is 6.07 Å². The third-order valence-electron chi connectivity index (χ3n) is 2.74. The molecule has 0 spiro atoms. The van der Waals surface area contributed by atoms with E-state index in [0.717, 1.165) is 0 Å². The summed E-state index contributed by atoms with van der Waals surface area (Å²) in [6.45, 7) is -0.456. The Bertz CT molecular complexity index is 563. The van der Waals surface area contributed by atoms with E-state index in [4.69, 9.17) is 0 Å². The minimum atomic E-state index is -6.04. The highest BCUT2D eigenvalue weighted by Crippen LogP contribution is 2.42. The molecule has 1 saturated heterocycles. The van der Waals surface area contributed by atoms with Gasteiger partial charge in [-0.15, -0.1) is 0 Å². The average molecular weight is 329 g/mol. The first kappa shape index (κ1) is 15.7. The van der Waals surface area contributed by atoms with Gasteiger partial charge in [-0.2, -0.15) is 22.0 Å². The number of alkyl halides is 5. The summed E-state index contributed by atoms with van der Waals surface area (Å²) in [6, 6.07) is 6.13. The molecule has 0 radical (unpaired) electrons. The van der Waals surface area contributed by atoms with E-state index in [9.17, 15) is 31.0 Å². The van der Waals surface area contributed by atoms with Crippen molar-refractivity contribution in [2.75, 3.05) is 6.61 Å². The fourth-order valence-electron chi connectivity index (χ4n) is 1.72. The largest absolute Gasteiger partial charge is 0.468 e. The molecule has 1 amide bonds. The predicted molar refractivity (Wildman–Crippen MR) is 61.5 cm³/mol. The number of cyclic esters (lactones) is 1. The van der Waals surface area contributed by atoms with Crippen LogP contribution in [0.5, 0.6) is 0 Å². The van der Waals surface area contributed by atoms with Gasteiger partial charge in [0.25, 0.3) is 0 Å². The van der Waals surface area contributed by atoms with Gasteiger partial charge >= 0.3 is 17.5 Å². The number of rotatable bonds is 3. The lowest BCUT2D eigenvalue weighted by Crippen LogP contribution is -2.48. The molecule has 0 aliphatic carbocycles. The van der Waals surface area contributed by atoms with Crippen LogP contribution in [0.15, 0.2) is 30.3 Å².